The number of carboxylic acids is 1. The van der Waals surface area contributed by atoms with Crippen molar-refractivity contribution in [2.75, 3.05) is 19.7 Å². The van der Waals surface area contributed by atoms with Gasteiger partial charge in [0.05, 0.1) is 11.3 Å². The van der Waals surface area contributed by atoms with Crippen molar-refractivity contribution in [3.8, 4) is 0 Å². The Hall–Kier alpha value is -2.99. The third-order valence-corrected chi connectivity index (χ3v) is 7.64. The van der Waals surface area contributed by atoms with E-state index in [1.807, 2.05) is 0 Å². The van der Waals surface area contributed by atoms with Gasteiger partial charge in [-0.2, -0.15) is 0 Å². The van der Waals surface area contributed by atoms with Gasteiger partial charge in [-0.15, -0.1) is 0 Å². The first kappa shape index (κ1) is 20.7. The van der Waals surface area contributed by atoms with E-state index >= 15 is 0 Å². The molecule has 2 saturated heterocycles. The van der Waals surface area contributed by atoms with Crippen LogP contribution in [0.1, 0.15) is 12.6 Å². The van der Waals surface area contributed by atoms with Crippen LogP contribution < -0.4 is 11.1 Å². The molecule has 2 fully saturated rings. The van der Waals surface area contributed by atoms with E-state index in [2.05, 4.69) is 10.3 Å². The van der Waals surface area contributed by atoms with Crippen LogP contribution in [-0.2, 0) is 24.2 Å². The molecular formula is C17H20N4O7S. The highest BCUT2D eigenvalue weighted by Gasteiger charge is 2.72. The first-order chi connectivity index (χ1) is 13.6. The molecule has 2 aliphatic rings. The van der Waals surface area contributed by atoms with E-state index in [0.29, 0.717) is 5.69 Å². The fourth-order valence-corrected chi connectivity index (χ4v) is 5.73. The van der Waals surface area contributed by atoms with E-state index in [-0.39, 0.29) is 18.7 Å². The van der Waals surface area contributed by atoms with Gasteiger partial charge in [0.25, 0.3) is 5.91 Å². The summed E-state index contributed by atoms with van der Waals surface area (Å²) in [6, 6.07) is 3.21. The number of hydrogen-bond donors (Lipinski definition) is 3. The number of nitrogens with two attached hydrogens (primary N) is 1. The largest absolute Gasteiger partial charge is 0.480 e. The molecule has 0 unspecified atom stereocenters. The zero-order chi connectivity index (χ0) is 21.4. The third kappa shape index (κ3) is 3.23. The number of fused-ring (bicyclic) bond motifs is 1. The molecule has 11 nitrogen and oxygen atoms in total. The minimum atomic E-state index is -4.24. The number of carboxylic acid groups (broad SMARTS) is 1. The highest BCUT2D eigenvalue weighted by atomic mass is 32.2. The zero-order valence-corrected chi connectivity index (χ0v) is 16.3. The molecule has 3 heterocycles. The van der Waals surface area contributed by atoms with Crippen molar-refractivity contribution in [1.29, 1.82) is 0 Å². The molecule has 156 valence electrons. The first-order valence-corrected chi connectivity index (χ1v) is 10.2. The molecule has 3 rings (SSSR count). The first-order valence-electron chi connectivity index (χ1n) is 8.67. The summed E-state index contributed by atoms with van der Waals surface area (Å²) in [5.74, 6) is -2.22. The highest BCUT2D eigenvalue weighted by molar-refractivity contribution is 7.94. The second-order valence-corrected chi connectivity index (χ2v) is 9.28. The summed E-state index contributed by atoms with van der Waals surface area (Å²) >= 11 is 0. The van der Waals surface area contributed by atoms with E-state index in [1.165, 1.54) is 12.3 Å². The lowest BCUT2D eigenvalue weighted by molar-refractivity contribution is -0.153. The Balaban J connectivity index is 1.95. The van der Waals surface area contributed by atoms with Crippen molar-refractivity contribution in [3.05, 3.63) is 35.7 Å². The Morgan fingerprint density at radius 2 is 2.17 bits per heavy atom. The topological polar surface area (TPSA) is 169 Å². The predicted octanol–water partition coefficient (Wildman–Crippen LogP) is -1.04. The van der Waals surface area contributed by atoms with Crippen LogP contribution in [0.4, 0.5) is 4.79 Å². The van der Waals surface area contributed by atoms with E-state index in [4.69, 9.17) is 10.5 Å². The molecule has 0 radical (unpaired) electrons. The van der Waals surface area contributed by atoms with Crippen LogP contribution in [0.3, 0.4) is 0 Å². The molecule has 3 atom stereocenters. The van der Waals surface area contributed by atoms with Gasteiger partial charge >= 0.3 is 12.1 Å². The number of ether oxygens (including phenoxy) is 1. The summed E-state index contributed by atoms with van der Waals surface area (Å²) in [7, 11) is -4.24. The van der Waals surface area contributed by atoms with Gasteiger partial charge in [0, 0.05) is 19.3 Å². The summed E-state index contributed by atoms with van der Waals surface area (Å²) in [5.41, 5.74) is 5.55. The molecule has 1 aromatic heterocycles. The molecule has 0 aromatic carbocycles. The predicted molar refractivity (Wildman–Crippen MR) is 100 cm³/mol. The van der Waals surface area contributed by atoms with Crippen molar-refractivity contribution < 1.29 is 32.6 Å². The number of pyridine rings is 1. The maximum Gasteiger partial charge on any atom is 0.407 e. The van der Waals surface area contributed by atoms with Gasteiger partial charge in [0.1, 0.15) is 11.4 Å². The third-order valence-electron chi connectivity index (χ3n) is 4.93. The van der Waals surface area contributed by atoms with Gasteiger partial charge in [0.2, 0.25) is 0 Å². The van der Waals surface area contributed by atoms with E-state index < -0.39 is 50.6 Å². The van der Waals surface area contributed by atoms with Gasteiger partial charge in [-0.25, -0.2) is 18.0 Å². The van der Waals surface area contributed by atoms with Crippen LogP contribution in [0.15, 0.2) is 30.0 Å². The van der Waals surface area contributed by atoms with E-state index in [9.17, 15) is 27.9 Å². The number of carbonyl (C=O) groups is 3. The Labute approximate surface area is 166 Å². The monoisotopic (exact) mass is 424 g/mol. The lowest BCUT2D eigenvalue weighted by atomic mass is 9.94. The Bertz CT molecular complexity index is 979. The maximum absolute atomic E-state index is 13.2. The molecule has 2 amide bonds. The van der Waals surface area contributed by atoms with Crippen molar-refractivity contribution in [2.45, 2.75) is 23.1 Å². The number of carbonyl (C=O) groups excluding carboxylic acids is 2. The van der Waals surface area contributed by atoms with Gasteiger partial charge in [-0.05, 0) is 25.1 Å². The minimum Gasteiger partial charge on any atom is -0.480 e. The van der Waals surface area contributed by atoms with Crippen LogP contribution in [0.5, 0.6) is 0 Å². The smallest absolute Gasteiger partial charge is 0.407 e. The summed E-state index contributed by atoms with van der Waals surface area (Å²) in [6.07, 6.45) is 1.87. The number of amides is 2. The van der Waals surface area contributed by atoms with Gasteiger partial charge in [-0.3, -0.25) is 9.78 Å². The van der Waals surface area contributed by atoms with Crippen LogP contribution >= 0.6 is 0 Å². The molecule has 0 saturated carbocycles. The summed E-state index contributed by atoms with van der Waals surface area (Å²) in [5, 5.41) is 10.5. The van der Waals surface area contributed by atoms with Crippen molar-refractivity contribution in [2.24, 2.45) is 5.73 Å². The van der Waals surface area contributed by atoms with Crippen molar-refractivity contribution >= 4 is 33.9 Å². The fourth-order valence-electron chi connectivity index (χ4n) is 3.45. The summed E-state index contributed by atoms with van der Waals surface area (Å²) in [4.78, 5) is 41.0. The number of aromatic nitrogens is 1. The molecule has 0 bridgehead atoms. The molecule has 4 N–H and O–H groups in total. The molecule has 1 aromatic rings. The number of alkyl carbamates (subject to hydrolysis) is 1. The molecule has 12 heteroatoms. The summed E-state index contributed by atoms with van der Waals surface area (Å²) in [6.45, 7) is 0.671. The molecule has 0 spiro atoms. The Kier molecular flexibility index (Phi) is 5.32. The van der Waals surface area contributed by atoms with Crippen LogP contribution in [0, 0.1) is 0 Å². The SMILES string of the molecule is C[C@]1(COC(=O)NCCN)[C@H](C(=O)O)N2C(=O)/C(=C/c3ccccn3)[C@H]2S1(=O)=O. The maximum atomic E-state index is 13.2. The van der Waals surface area contributed by atoms with E-state index in [0.717, 1.165) is 11.8 Å². The van der Waals surface area contributed by atoms with Crippen LogP contribution in [0.2, 0.25) is 0 Å². The van der Waals surface area contributed by atoms with Crippen LogP contribution in [0.25, 0.3) is 6.08 Å². The van der Waals surface area contributed by atoms with E-state index in [1.54, 1.807) is 18.2 Å². The minimum absolute atomic E-state index is 0.0775. The van der Waals surface area contributed by atoms with Gasteiger partial charge in [0.15, 0.2) is 21.3 Å². The number of nitrogens with one attached hydrogen (secondary N) is 1. The number of nitrogens with zero attached hydrogens (tertiary/aromatic N) is 2. The summed E-state index contributed by atoms with van der Waals surface area (Å²) < 4.78 is 29.3. The molecular weight excluding hydrogens is 404 g/mol. The lowest BCUT2D eigenvalue weighted by Gasteiger charge is -2.37. The highest BCUT2D eigenvalue weighted by Crippen LogP contribution is 2.49. The average Bonchev–Trinajstić information content (AvgIpc) is 2.85. The van der Waals surface area contributed by atoms with Gasteiger partial charge in [-0.1, -0.05) is 6.07 Å². The Morgan fingerprint density at radius 3 is 2.76 bits per heavy atom. The number of sulfone groups is 1. The van der Waals surface area contributed by atoms with Gasteiger partial charge < -0.3 is 25.8 Å². The quantitative estimate of drug-likeness (QED) is 0.381. The van der Waals surface area contributed by atoms with Crippen molar-refractivity contribution in [1.82, 2.24) is 15.2 Å². The zero-order valence-electron chi connectivity index (χ0n) is 15.4. The Morgan fingerprint density at radius 1 is 1.45 bits per heavy atom. The fraction of sp³-hybridized carbons (Fsp3) is 0.412. The standard InChI is InChI=1S/C17H20N4O7S/c1-17(9-28-16(25)20-7-5-18)12(15(23)24)21-13(22)11(14(21)29(17,26)27)8-10-4-2-3-6-19-10/h2-4,6,8,12,14H,5,7,9,18H2,1H3,(H,20,25)(H,23,24)/b11-8-/t12-,14+,17-/m0/s1. The molecule has 0 aliphatic carbocycles. The average molecular weight is 424 g/mol. The number of rotatable bonds is 6. The van der Waals surface area contributed by atoms with Crippen LogP contribution in [-0.4, -0.2) is 77.2 Å². The molecule has 29 heavy (non-hydrogen) atoms. The number of hydrogen-bond acceptors (Lipinski definition) is 8. The lowest BCUT2D eigenvalue weighted by Crippen LogP contribution is -2.59. The molecule has 2 aliphatic heterocycles. The second kappa shape index (κ2) is 7.44. The normalized spacial score (nSPS) is 28.6. The van der Waals surface area contributed by atoms with Crippen molar-refractivity contribution in [3.63, 3.8) is 0 Å². The second-order valence-electron chi connectivity index (χ2n) is 6.81. The number of aliphatic carboxylic acids is 1. The number of β-lactam (4-membered cyclic amide) rings is 1.